The highest BCUT2D eigenvalue weighted by Crippen LogP contribution is 2.19. The van der Waals surface area contributed by atoms with Crippen LogP contribution < -0.4 is 0 Å². The van der Waals surface area contributed by atoms with Gasteiger partial charge in [0.05, 0.1) is 5.75 Å². The predicted molar refractivity (Wildman–Crippen MR) is 67.4 cm³/mol. The fraction of sp³-hybridized carbons (Fsp3) is 0.231. The summed E-state index contributed by atoms with van der Waals surface area (Å²) in [5.41, 5.74) is 1.10. The lowest BCUT2D eigenvalue weighted by Crippen LogP contribution is -2.06. The lowest BCUT2D eigenvalue weighted by Gasteiger charge is -2.05. The molecule has 0 aromatic heterocycles. The van der Waals surface area contributed by atoms with Gasteiger partial charge in [-0.25, -0.2) is 8.42 Å². The Balaban J connectivity index is 2.38. The molecule has 2 rings (SSSR count). The van der Waals surface area contributed by atoms with Gasteiger partial charge in [-0.3, -0.25) is 0 Å². The van der Waals surface area contributed by atoms with Gasteiger partial charge in [0.15, 0.2) is 0 Å². The lowest BCUT2D eigenvalue weighted by molar-refractivity contribution is 0.601. The van der Waals surface area contributed by atoms with Gasteiger partial charge < -0.3 is 0 Å². The number of hydrogen-bond donors (Lipinski definition) is 0. The first-order valence-corrected chi connectivity index (χ1v) is 7.27. The van der Waals surface area contributed by atoms with Crippen molar-refractivity contribution >= 4 is 20.6 Å². The maximum absolute atomic E-state index is 11.1. The highest BCUT2D eigenvalue weighted by Gasteiger charge is 2.05. The lowest BCUT2D eigenvalue weighted by atomic mass is 10.0. The molecule has 0 saturated heterocycles. The SMILES string of the molecule is CS(=O)(=O)CCc1cccc2ccccc12. The molecule has 0 heterocycles. The molecule has 0 aliphatic rings. The van der Waals surface area contributed by atoms with Crippen molar-refractivity contribution in [3.63, 3.8) is 0 Å². The van der Waals surface area contributed by atoms with Crippen LogP contribution in [0.2, 0.25) is 0 Å². The maximum Gasteiger partial charge on any atom is 0.147 e. The van der Waals surface area contributed by atoms with Gasteiger partial charge in [-0.1, -0.05) is 42.5 Å². The minimum absolute atomic E-state index is 0.209. The van der Waals surface area contributed by atoms with Gasteiger partial charge in [-0.05, 0) is 22.8 Å². The van der Waals surface area contributed by atoms with Crippen LogP contribution in [0, 0.1) is 0 Å². The summed E-state index contributed by atoms with van der Waals surface area (Å²) >= 11 is 0. The Bertz CT molecular complexity index is 595. The van der Waals surface area contributed by atoms with Crippen LogP contribution in [-0.4, -0.2) is 20.4 Å². The van der Waals surface area contributed by atoms with Crippen molar-refractivity contribution in [2.24, 2.45) is 0 Å². The molecule has 0 bridgehead atoms. The number of aryl methyl sites for hydroxylation is 1. The molecule has 2 aromatic carbocycles. The molecule has 0 spiro atoms. The van der Waals surface area contributed by atoms with Crippen LogP contribution in [-0.2, 0) is 16.3 Å². The first-order valence-electron chi connectivity index (χ1n) is 5.21. The minimum Gasteiger partial charge on any atom is -0.229 e. The zero-order valence-electron chi connectivity index (χ0n) is 9.18. The van der Waals surface area contributed by atoms with Crippen molar-refractivity contribution in [2.75, 3.05) is 12.0 Å². The summed E-state index contributed by atoms with van der Waals surface area (Å²) in [4.78, 5) is 0. The third-order valence-corrected chi connectivity index (χ3v) is 3.57. The van der Waals surface area contributed by atoms with E-state index in [0.717, 1.165) is 16.3 Å². The number of fused-ring (bicyclic) bond motifs is 1. The van der Waals surface area contributed by atoms with Gasteiger partial charge >= 0.3 is 0 Å². The summed E-state index contributed by atoms with van der Waals surface area (Å²) in [5, 5.41) is 2.31. The fourth-order valence-corrected chi connectivity index (χ4v) is 2.40. The molecule has 2 aromatic rings. The Hall–Kier alpha value is -1.35. The predicted octanol–water partition coefficient (Wildman–Crippen LogP) is 2.43. The number of sulfone groups is 1. The molecule has 2 nitrogen and oxygen atoms in total. The molecule has 0 atom stereocenters. The van der Waals surface area contributed by atoms with E-state index in [1.165, 1.54) is 6.26 Å². The normalized spacial score (nSPS) is 11.8. The van der Waals surface area contributed by atoms with Gasteiger partial charge in [-0.2, -0.15) is 0 Å². The van der Waals surface area contributed by atoms with E-state index in [-0.39, 0.29) is 5.75 Å². The van der Waals surface area contributed by atoms with Crippen LogP contribution in [0.4, 0.5) is 0 Å². The third kappa shape index (κ3) is 2.61. The van der Waals surface area contributed by atoms with E-state index in [2.05, 4.69) is 0 Å². The molecule has 0 fully saturated rings. The quantitative estimate of drug-likeness (QED) is 0.817. The van der Waals surface area contributed by atoms with Crippen molar-refractivity contribution in [3.8, 4) is 0 Å². The maximum atomic E-state index is 11.1. The van der Waals surface area contributed by atoms with E-state index in [0.29, 0.717) is 6.42 Å². The second kappa shape index (κ2) is 4.26. The summed E-state index contributed by atoms with van der Waals surface area (Å²) in [5.74, 6) is 0.209. The summed E-state index contributed by atoms with van der Waals surface area (Å²) < 4.78 is 22.3. The number of hydrogen-bond acceptors (Lipinski definition) is 2. The van der Waals surface area contributed by atoms with Gasteiger partial charge in [0.1, 0.15) is 9.84 Å². The van der Waals surface area contributed by atoms with Gasteiger partial charge in [0.25, 0.3) is 0 Å². The van der Waals surface area contributed by atoms with Crippen molar-refractivity contribution in [3.05, 3.63) is 48.0 Å². The Morgan fingerprint density at radius 3 is 2.44 bits per heavy atom. The molecular weight excluding hydrogens is 220 g/mol. The zero-order chi connectivity index (χ0) is 11.6. The van der Waals surface area contributed by atoms with Crippen molar-refractivity contribution < 1.29 is 8.42 Å². The van der Waals surface area contributed by atoms with E-state index in [1.54, 1.807) is 0 Å². The average Bonchev–Trinajstić information content (AvgIpc) is 2.25. The third-order valence-electron chi connectivity index (χ3n) is 2.62. The van der Waals surface area contributed by atoms with Gasteiger partial charge in [0, 0.05) is 6.26 Å². The summed E-state index contributed by atoms with van der Waals surface area (Å²) in [6, 6.07) is 14.0. The highest BCUT2D eigenvalue weighted by molar-refractivity contribution is 7.90. The van der Waals surface area contributed by atoms with E-state index in [1.807, 2.05) is 42.5 Å². The van der Waals surface area contributed by atoms with Crippen molar-refractivity contribution in [1.29, 1.82) is 0 Å². The molecule has 0 radical (unpaired) electrons. The summed E-state index contributed by atoms with van der Waals surface area (Å²) in [7, 11) is -2.89. The highest BCUT2D eigenvalue weighted by atomic mass is 32.2. The second-order valence-corrected chi connectivity index (χ2v) is 6.28. The topological polar surface area (TPSA) is 34.1 Å². The van der Waals surface area contributed by atoms with Crippen LogP contribution in [0.1, 0.15) is 5.56 Å². The molecule has 0 N–H and O–H groups in total. The van der Waals surface area contributed by atoms with E-state index < -0.39 is 9.84 Å². The van der Waals surface area contributed by atoms with Crippen molar-refractivity contribution in [1.82, 2.24) is 0 Å². The Labute approximate surface area is 95.8 Å². The molecule has 0 aliphatic carbocycles. The zero-order valence-corrected chi connectivity index (χ0v) is 10.00. The smallest absolute Gasteiger partial charge is 0.147 e. The van der Waals surface area contributed by atoms with Gasteiger partial charge in [0.2, 0.25) is 0 Å². The molecule has 0 aliphatic heterocycles. The molecule has 84 valence electrons. The first-order chi connectivity index (χ1) is 7.56. The number of benzene rings is 2. The Kier molecular flexibility index (Phi) is 2.97. The largest absolute Gasteiger partial charge is 0.229 e. The molecule has 16 heavy (non-hydrogen) atoms. The standard InChI is InChI=1S/C13H14O2S/c1-16(14,15)10-9-12-7-4-6-11-5-2-3-8-13(11)12/h2-8H,9-10H2,1H3. The fourth-order valence-electron chi connectivity index (χ4n) is 1.81. The van der Waals surface area contributed by atoms with Crippen LogP contribution in [0.15, 0.2) is 42.5 Å². The van der Waals surface area contributed by atoms with Crippen LogP contribution in [0.3, 0.4) is 0 Å². The van der Waals surface area contributed by atoms with Crippen LogP contribution in [0.25, 0.3) is 10.8 Å². The Morgan fingerprint density at radius 1 is 1.00 bits per heavy atom. The van der Waals surface area contributed by atoms with Crippen LogP contribution in [0.5, 0.6) is 0 Å². The summed E-state index contributed by atoms with van der Waals surface area (Å²) in [6.07, 6.45) is 1.86. The molecular formula is C13H14O2S. The number of rotatable bonds is 3. The van der Waals surface area contributed by atoms with Crippen molar-refractivity contribution in [2.45, 2.75) is 6.42 Å². The van der Waals surface area contributed by atoms with Gasteiger partial charge in [-0.15, -0.1) is 0 Å². The van der Waals surface area contributed by atoms with E-state index in [9.17, 15) is 8.42 Å². The summed E-state index contributed by atoms with van der Waals surface area (Å²) in [6.45, 7) is 0. The molecule has 0 amide bonds. The van der Waals surface area contributed by atoms with Crippen LogP contribution >= 0.6 is 0 Å². The first kappa shape index (κ1) is 11.1. The Morgan fingerprint density at radius 2 is 1.69 bits per heavy atom. The monoisotopic (exact) mass is 234 g/mol. The molecule has 3 heteroatoms. The van der Waals surface area contributed by atoms with E-state index >= 15 is 0 Å². The van der Waals surface area contributed by atoms with E-state index in [4.69, 9.17) is 0 Å². The molecule has 0 saturated carbocycles. The average molecular weight is 234 g/mol. The second-order valence-electron chi connectivity index (χ2n) is 4.02. The minimum atomic E-state index is -2.89. The molecule has 0 unspecified atom stereocenters.